The van der Waals surface area contributed by atoms with Crippen LogP contribution in [0.1, 0.15) is 85.0 Å². The van der Waals surface area contributed by atoms with Gasteiger partial charge in [-0.05, 0) is 81.0 Å². The number of hydrogen-bond donors (Lipinski definition) is 2. The molecule has 3 atom stereocenters. The summed E-state index contributed by atoms with van der Waals surface area (Å²) >= 11 is 0. The Morgan fingerprint density at radius 2 is 2.14 bits per heavy atom. The van der Waals surface area contributed by atoms with Crippen molar-refractivity contribution < 1.29 is 19.4 Å². The zero-order valence-electron chi connectivity index (χ0n) is 22.1. The first-order valence-electron chi connectivity index (χ1n) is 14.1. The minimum Gasteiger partial charge on any atom is -0.480 e. The van der Waals surface area contributed by atoms with Gasteiger partial charge in [-0.1, -0.05) is 36.2 Å². The van der Waals surface area contributed by atoms with Gasteiger partial charge in [-0.3, -0.25) is 9.69 Å². The molecule has 0 amide bonds. The summed E-state index contributed by atoms with van der Waals surface area (Å²) in [5, 5.41) is 13.6. The normalized spacial score (nSPS) is 22.5. The van der Waals surface area contributed by atoms with Crippen LogP contribution in [0, 0.1) is 6.92 Å². The number of pyridine rings is 1. The van der Waals surface area contributed by atoms with Crippen molar-refractivity contribution in [3.63, 3.8) is 0 Å². The number of aryl methyl sites for hydroxylation is 3. The highest BCUT2D eigenvalue weighted by Crippen LogP contribution is 2.37. The van der Waals surface area contributed by atoms with E-state index < -0.39 is 12.0 Å². The van der Waals surface area contributed by atoms with Crippen molar-refractivity contribution in [1.29, 1.82) is 0 Å². The van der Waals surface area contributed by atoms with Crippen LogP contribution in [-0.2, 0) is 27.1 Å². The smallest absolute Gasteiger partial charge is 0.325 e. The van der Waals surface area contributed by atoms with Crippen LogP contribution < -0.4 is 5.32 Å². The van der Waals surface area contributed by atoms with Crippen LogP contribution >= 0.6 is 0 Å². The Hall–Kier alpha value is -2.48. The molecule has 2 aromatic rings. The summed E-state index contributed by atoms with van der Waals surface area (Å²) in [6, 6.07) is 9.91. The van der Waals surface area contributed by atoms with Gasteiger partial charge < -0.3 is 19.9 Å². The van der Waals surface area contributed by atoms with Gasteiger partial charge in [-0.25, -0.2) is 4.98 Å². The number of fused-ring (bicyclic) bond motifs is 1. The summed E-state index contributed by atoms with van der Waals surface area (Å²) in [5.74, 6) is 0.280. The van der Waals surface area contributed by atoms with Crippen LogP contribution in [-0.4, -0.2) is 59.9 Å². The number of benzene rings is 1. The number of carboxylic acids is 1. The minimum atomic E-state index is -0.795. The molecular formula is C30H41N3O4. The van der Waals surface area contributed by atoms with Crippen LogP contribution in [0.15, 0.2) is 30.3 Å². The average molecular weight is 508 g/mol. The van der Waals surface area contributed by atoms with E-state index in [2.05, 4.69) is 34.5 Å². The van der Waals surface area contributed by atoms with Gasteiger partial charge in [0.15, 0.2) is 0 Å². The highest BCUT2D eigenvalue weighted by Gasteiger charge is 2.36. The van der Waals surface area contributed by atoms with Crippen LogP contribution in [0.5, 0.6) is 0 Å². The van der Waals surface area contributed by atoms with Gasteiger partial charge in [-0.2, -0.15) is 0 Å². The fraction of sp³-hybridized carbons (Fsp3) is 0.600. The van der Waals surface area contributed by atoms with Gasteiger partial charge in [-0.15, -0.1) is 0 Å². The van der Waals surface area contributed by atoms with E-state index in [4.69, 9.17) is 14.5 Å². The molecule has 0 saturated carbocycles. The Kier molecular flexibility index (Phi) is 8.74. The number of aromatic nitrogens is 1. The minimum absolute atomic E-state index is 0.000122. The first-order chi connectivity index (χ1) is 18.1. The molecule has 0 radical (unpaired) electrons. The molecule has 2 fully saturated rings. The Morgan fingerprint density at radius 1 is 1.22 bits per heavy atom. The molecule has 2 N–H and O–H groups in total. The number of aliphatic carboxylic acids is 1. The first kappa shape index (κ1) is 26.1. The molecular weight excluding hydrogens is 466 g/mol. The third-order valence-corrected chi connectivity index (χ3v) is 7.97. The Labute approximate surface area is 220 Å². The number of nitrogens with zero attached hydrogens (tertiary/aromatic N) is 2. The van der Waals surface area contributed by atoms with Crippen LogP contribution in [0.4, 0.5) is 5.82 Å². The molecule has 7 nitrogen and oxygen atoms in total. The predicted octanol–water partition coefficient (Wildman–Crippen LogP) is 5.23. The lowest BCUT2D eigenvalue weighted by molar-refractivity contribution is -0.143. The molecule has 3 aliphatic rings. The molecule has 200 valence electrons. The summed E-state index contributed by atoms with van der Waals surface area (Å²) in [7, 11) is 0. The third kappa shape index (κ3) is 6.51. The topological polar surface area (TPSA) is 83.9 Å². The molecule has 0 spiro atoms. The summed E-state index contributed by atoms with van der Waals surface area (Å²) in [5.41, 5.74) is 5.50. The van der Waals surface area contributed by atoms with Gasteiger partial charge in [0.1, 0.15) is 11.9 Å². The van der Waals surface area contributed by atoms with E-state index in [1.165, 1.54) is 17.7 Å². The Bertz CT molecular complexity index is 1070. The van der Waals surface area contributed by atoms with E-state index >= 15 is 0 Å². The van der Waals surface area contributed by atoms with E-state index in [1.807, 2.05) is 13.0 Å². The summed E-state index contributed by atoms with van der Waals surface area (Å²) in [6.45, 7) is 5.90. The lowest BCUT2D eigenvalue weighted by Crippen LogP contribution is -2.34. The molecule has 4 heterocycles. The van der Waals surface area contributed by atoms with Crippen molar-refractivity contribution in [2.75, 3.05) is 38.2 Å². The largest absolute Gasteiger partial charge is 0.480 e. The van der Waals surface area contributed by atoms with Gasteiger partial charge in [0, 0.05) is 38.5 Å². The quantitative estimate of drug-likeness (QED) is 0.403. The molecule has 0 bridgehead atoms. The highest BCUT2D eigenvalue weighted by atomic mass is 16.5. The zero-order valence-corrected chi connectivity index (χ0v) is 22.1. The summed E-state index contributed by atoms with van der Waals surface area (Å²) in [6.07, 6.45) is 9.47. The van der Waals surface area contributed by atoms with Crippen LogP contribution in [0.25, 0.3) is 0 Å². The average Bonchev–Trinajstić information content (AvgIpc) is 3.59. The standard InChI is InChI=1S/C30H41N3O4/c1-21-10-13-25(27-9-6-18-37-27)26(19-21)28(30(34)35)33-16-14-24(20-33)36-17-4-2-3-8-23-12-11-22-7-5-15-31-29(22)32-23/h10-13,19,24,27-28H,2-9,14-18,20H2,1H3,(H,31,32)(H,34,35)/t24-,27+,28-/m1/s1. The van der Waals surface area contributed by atoms with Crippen molar-refractivity contribution in [2.45, 2.75) is 83.0 Å². The maximum Gasteiger partial charge on any atom is 0.325 e. The highest BCUT2D eigenvalue weighted by molar-refractivity contribution is 5.76. The molecule has 1 aromatic carbocycles. The second kappa shape index (κ2) is 12.4. The molecule has 5 rings (SSSR count). The zero-order chi connectivity index (χ0) is 25.6. The monoisotopic (exact) mass is 507 g/mol. The van der Waals surface area contributed by atoms with Gasteiger partial charge >= 0.3 is 5.97 Å². The number of unbranched alkanes of at least 4 members (excludes halogenated alkanes) is 2. The molecule has 7 heteroatoms. The summed E-state index contributed by atoms with van der Waals surface area (Å²) < 4.78 is 12.1. The van der Waals surface area contributed by atoms with Crippen LogP contribution in [0.3, 0.4) is 0 Å². The van der Waals surface area contributed by atoms with E-state index in [-0.39, 0.29) is 12.2 Å². The second-order valence-electron chi connectivity index (χ2n) is 10.8. The molecule has 0 aliphatic carbocycles. The lowest BCUT2D eigenvalue weighted by atomic mass is 9.92. The number of carboxylic acid groups (broad SMARTS) is 1. The number of likely N-dealkylation sites (tertiary alicyclic amines) is 1. The van der Waals surface area contributed by atoms with E-state index in [9.17, 15) is 9.90 Å². The predicted molar refractivity (Wildman–Crippen MR) is 144 cm³/mol. The van der Waals surface area contributed by atoms with Crippen molar-refractivity contribution in [3.8, 4) is 0 Å². The molecule has 1 aromatic heterocycles. The van der Waals surface area contributed by atoms with Crippen molar-refractivity contribution >= 4 is 11.8 Å². The van der Waals surface area contributed by atoms with E-state index in [0.29, 0.717) is 6.54 Å². The van der Waals surface area contributed by atoms with Gasteiger partial charge in [0.25, 0.3) is 0 Å². The Balaban J connectivity index is 1.08. The van der Waals surface area contributed by atoms with Crippen LogP contribution in [0.2, 0.25) is 0 Å². The maximum atomic E-state index is 12.5. The number of rotatable bonds is 11. The van der Waals surface area contributed by atoms with Gasteiger partial charge in [0.05, 0.1) is 12.2 Å². The fourth-order valence-electron chi connectivity index (χ4n) is 6.00. The maximum absolute atomic E-state index is 12.5. The third-order valence-electron chi connectivity index (χ3n) is 7.97. The number of hydrogen-bond acceptors (Lipinski definition) is 6. The van der Waals surface area contributed by atoms with E-state index in [1.54, 1.807) is 0 Å². The fourth-order valence-corrected chi connectivity index (χ4v) is 6.00. The van der Waals surface area contributed by atoms with Crippen molar-refractivity contribution in [3.05, 3.63) is 58.3 Å². The molecule has 37 heavy (non-hydrogen) atoms. The number of nitrogens with one attached hydrogen (secondary N) is 1. The molecule has 3 aliphatic heterocycles. The summed E-state index contributed by atoms with van der Waals surface area (Å²) in [4.78, 5) is 19.3. The number of carbonyl (C=O) groups is 1. The van der Waals surface area contributed by atoms with Crippen molar-refractivity contribution in [2.24, 2.45) is 0 Å². The number of anilines is 1. The van der Waals surface area contributed by atoms with Crippen molar-refractivity contribution in [1.82, 2.24) is 9.88 Å². The first-order valence-corrected chi connectivity index (χ1v) is 14.1. The lowest BCUT2D eigenvalue weighted by Gasteiger charge is -2.28. The number of ether oxygens (including phenoxy) is 2. The second-order valence-corrected chi connectivity index (χ2v) is 10.8. The molecule has 2 saturated heterocycles. The van der Waals surface area contributed by atoms with E-state index in [0.717, 1.165) is 100 Å². The SMILES string of the molecule is Cc1ccc([C@@H]2CCCO2)c([C@H](C(=O)O)N2CC[C@@H](OCCCCCc3ccc4c(n3)NCCC4)C2)c1. The van der Waals surface area contributed by atoms with Gasteiger partial charge in [0.2, 0.25) is 0 Å². The Morgan fingerprint density at radius 3 is 2.97 bits per heavy atom. The molecule has 0 unspecified atom stereocenters.